The molecule has 1 aromatic carbocycles. The summed E-state index contributed by atoms with van der Waals surface area (Å²) in [4.78, 5) is 37.4. The van der Waals surface area contributed by atoms with Gasteiger partial charge in [0.15, 0.2) is 6.10 Å². The molecule has 7 nitrogen and oxygen atoms in total. The third-order valence-corrected chi connectivity index (χ3v) is 4.49. The number of nitrogens with one attached hydrogen (secondary N) is 1. The Balaban J connectivity index is 1.67. The van der Waals surface area contributed by atoms with Crippen LogP contribution in [0.2, 0.25) is 0 Å². The maximum Gasteiger partial charge on any atom is 0.254 e. The first-order valence-electron chi connectivity index (χ1n) is 8.07. The molecule has 3 N–H and O–H groups in total. The quantitative estimate of drug-likeness (QED) is 0.844. The van der Waals surface area contributed by atoms with Gasteiger partial charge in [-0.2, -0.15) is 0 Å². The second-order valence-corrected chi connectivity index (χ2v) is 6.40. The second-order valence-electron chi connectivity index (χ2n) is 6.40. The summed E-state index contributed by atoms with van der Waals surface area (Å²) < 4.78 is 5.25. The van der Waals surface area contributed by atoms with Crippen molar-refractivity contribution < 1.29 is 19.1 Å². The normalized spacial score (nSPS) is 25.9. The van der Waals surface area contributed by atoms with Gasteiger partial charge in [0.25, 0.3) is 5.91 Å². The largest absolute Gasteiger partial charge is 0.367 e. The molecule has 24 heavy (non-hydrogen) atoms. The number of amides is 3. The average Bonchev–Trinajstić information content (AvgIpc) is 3.31. The molecule has 2 aliphatic rings. The summed E-state index contributed by atoms with van der Waals surface area (Å²) in [5.74, 6) is -0.298. The first-order valence-corrected chi connectivity index (χ1v) is 8.07. The molecule has 0 unspecified atom stereocenters. The molecule has 1 saturated carbocycles. The lowest BCUT2D eigenvalue weighted by Gasteiger charge is -2.31. The predicted molar refractivity (Wildman–Crippen MR) is 87.2 cm³/mol. The summed E-state index contributed by atoms with van der Waals surface area (Å²) in [6.07, 6.45) is 0.133. The van der Waals surface area contributed by atoms with E-state index in [-0.39, 0.29) is 30.9 Å². The standard InChI is InChI=1S/C17H21N3O4/c1-10-7-13(10)16(22)19-12-4-2-3-11(8-12)17(23)20-5-6-24-14(9-20)15(18)21/h2-4,8,10,13-14H,5-7,9H2,1H3,(H2,18,21)(H,19,22)/t10-,13+,14+/m1/s1. The van der Waals surface area contributed by atoms with E-state index in [0.717, 1.165) is 6.42 Å². The summed E-state index contributed by atoms with van der Waals surface area (Å²) in [6.45, 7) is 2.86. The van der Waals surface area contributed by atoms with Gasteiger partial charge in [0.05, 0.1) is 13.2 Å². The van der Waals surface area contributed by atoms with Gasteiger partial charge in [0.2, 0.25) is 11.8 Å². The molecule has 0 bridgehead atoms. The summed E-state index contributed by atoms with van der Waals surface area (Å²) >= 11 is 0. The van der Waals surface area contributed by atoms with Crippen LogP contribution in [0, 0.1) is 11.8 Å². The molecule has 0 aromatic heterocycles. The molecule has 1 aliphatic heterocycles. The van der Waals surface area contributed by atoms with Crippen molar-refractivity contribution in [3.63, 3.8) is 0 Å². The Morgan fingerprint density at radius 3 is 2.75 bits per heavy atom. The Labute approximate surface area is 140 Å². The minimum absolute atomic E-state index is 0.00716. The minimum atomic E-state index is -0.776. The molecule has 1 aromatic rings. The molecular weight excluding hydrogens is 310 g/mol. The topological polar surface area (TPSA) is 102 Å². The van der Waals surface area contributed by atoms with Crippen molar-refractivity contribution in [3.8, 4) is 0 Å². The Morgan fingerprint density at radius 1 is 1.33 bits per heavy atom. The van der Waals surface area contributed by atoms with E-state index in [1.807, 2.05) is 6.92 Å². The maximum atomic E-state index is 12.6. The third-order valence-electron chi connectivity index (χ3n) is 4.49. The van der Waals surface area contributed by atoms with Crippen LogP contribution in [0.25, 0.3) is 0 Å². The number of morpholine rings is 1. The van der Waals surface area contributed by atoms with Gasteiger partial charge in [-0.25, -0.2) is 0 Å². The fraction of sp³-hybridized carbons (Fsp3) is 0.471. The van der Waals surface area contributed by atoms with E-state index < -0.39 is 12.0 Å². The van der Waals surface area contributed by atoms with Crippen LogP contribution < -0.4 is 11.1 Å². The summed E-state index contributed by atoms with van der Waals surface area (Å²) in [7, 11) is 0. The second kappa shape index (κ2) is 6.60. The molecule has 0 spiro atoms. The zero-order valence-electron chi connectivity index (χ0n) is 13.5. The molecule has 1 saturated heterocycles. The zero-order valence-corrected chi connectivity index (χ0v) is 13.5. The number of nitrogens with two attached hydrogens (primary N) is 1. The van der Waals surface area contributed by atoms with Crippen molar-refractivity contribution in [1.29, 1.82) is 0 Å². The third kappa shape index (κ3) is 3.56. The lowest BCUT2D eigenvalue weighted by Crippen LogP contribution is -2.50. The smallest absolute Gasteiger partial charge is 0.254 e. The van der Waals surface area contributed by atoms with Crippen molar-refractivity contribution in [2.75, 3.05) is 25.0 Å². The van der Waals surface area contributed by atoms with Gasteiger partial charge < -0.3 is 20.7 Å². The van der Waals surface area contributed by atoms with Gasteiger partial charge in [-0.3, -0.25) is 14.4 Å². The highest BCUT2D eigenvalue weighted by molar-refractivity contribution is 5.98. The number of hydrogen-bond donors (Lipinski definition) is 2. The van der Waals surface area contributed by atoms with Gasteiger partial charge in [-0.1, -0.05) is 13.0 Å². The lowest BCUT2D eigenvalue weighted by molar-refractivity contribution is -0.133. The monoisotopic (exact) mass is 331 g/mol. The summed E-state index contributed by atoms with van der Waals surface area (Å²) in [5, 5.41) is 2.85. The van der Waals surface area contributed by atoms with E-state index in [1.54, 1.807) is 29.2 Å². The number of primary amides is 1. The Bertz CT molecular complexity index is 676. The molecule has 3 amide bonds. The molecule has 0 radical (unpaired) electrons. The molecule has 2 fully saturated rings. The van der Waals surface area contributed by atoms with Gasteiger partial charge in [-0.15, -0.1) is 0 Å². The van der Waals surface area contributed by atoms with Crippen molar-refractivity contribution in [2.24, 2.45) is 17.6 Å². The molecule has 7 heteroatoms. The first-order chi connectivity index (χ1) is 11.5. The SMILES string of the molecule is C[C@@H]1C[C@@H]1C(=O)Nc1cccc(C(=O)N2CCO[C@H](C(N)=O)C2)c1. The number of anilines is 1. The van der Waals surface area contributed by atoms with Crippen molar-refractivity contribution >= 4 is 23.4 Å². The van der Waals surface area contributed by atoms with Crippen LogP contribution in [-0.4, -0.2) is 48.4 Å². The number of hydrogen-bond acceptors (Lipinski definition) is 4. The highest BCUT2D eigenvalue weighted by Gasteiger charge is 2.39. The Morgan fingerprint density at radius 2 is 2.08 bits per heavy atom. The molecular formula is C17H21N3O4. The highest BCUT2D eigenvalue weighted by atomic mass is 16.5. The lowest BCUT2D eigenvalue weighted by atomic mass is 10.1. The van der Waals surface area contributed by atoms with Gasteiger partial charge in [0.1, 0.15) is 0 Å². The molecule has 3 atom stereocenters. The maximum absolute atomic E-state index is 12.6. The van der Waals surface area contributed by atoms with Gasteiger partial charge in [0, 0.05) is 23.7 Å². The predicted octanol–water partition coefficient (Wildman–Crippen LogP) is 0.607. The van der Waals surface area contributed by atoms with E-state index in [1.165, 1.54) is 0 Å². The summed E-state index contributed by atoms with van der Waals surface area (Å²) in [5.41, 5.74) is 6.30. The van der Waals surface area contributed by atoms with Crippen molar-refractivity contribution in [1.82, 2.24) is 4.90 Å². The van der Waals surface area contributed by atoms with Crippen LogP contribution in [0.3, 0.4) is 0 Å². The van der Waals surface area contributed by atoms with E-state index in [4.69, 9.17) is 10.5 Å². The van der Waals surface area contributed by atoms with Crippen LogP contribution >= 0.6 is 0 Å². The van der Waals surface area contributed by atoms with Crippen LogP contribution in [-0.2, 0) is 14.3 Å². The number of ether oxygens (including phenoxy) is 1. The minimum Gasteiger partial charge on any atom is -0.367 e. The molecule has 1 heterocycles. The van der Waals surface area contributed by atoms with E-state index >= 15 is 0 Å². The van der Waals surface area contributed by atoms with Crippen LogP contribution in [0.1, 0.15) is 23.7 Å². The van der Waals surface area contributed by atoms with Gasteiger partial charge in [-0.05, 0) is 30.5 Å². The number of rotatable bonds is 4. The van der Waals surface area contributed by atoms with Crippen LogP contribution in [0.4, 0.5) is 5.69 Å². The van der Waals surface area contributed by atoms with Crippen molar-refractivity contribution in [2.45, 2.75) is 19.4 Å². The van der Waals surface area contributed by atoms with Crippen LogP contribution in [0.15, 0.2) is 24.3 Å². The van der Waals surface area contributed by atoms with E-state index in [9.17, 15) is 14.4 Å². The van der Waals surface area contributed by atoms with Gasteiger partial charge >= 0.3 is 0 Å². The van der Waals surface area contributed by atoms with E-state index in [0.29, 0.717) is 23.7 Å². The Hall–Kier alpha value is -2.41. The molecule has 128 valence electrons. The molecule has 1 aliphatic carbocycles. The average molecular weight is 331 g/mol. The highest BCUT2D eigenvalue weighted by Crippen LogP contribution is 2.38. The van der Waals surface area contributed by atoms with Crippen LogP contribution in [0.5, 0.6) is 0 Å². The fourth-order valence-corrected chi connectivity index (χ4v) is 2.84. The number of nitrogens with zero attached hydrogens (tertiary/aromatic N) is 1. The number of carbonyl (C=O) groups excluding carboxylic acids is 3. The van der Waals surface area contributed by atoms with E-state index in [2.05, 4.69) is 5.32 Å². The first kappa shape index (κ1) is 16.4. The zero-order chi connectivity index (χ0) is 17.3. The fourth-order valence-electron chi connectivity index (χ4n) is 2.84. The molecule has 3 rings (SSSR count). The number of carbonyl (C=O) groups is 3. The summed E-state index contributed by atoms with van der Waals surface area (Å²) in [6, 6.07) is 6.83. The Kier molecular flexibility index (Phi) is 4.53. The number of benzene rings is 1. The van der Waals surface area contributed by atoms with Crippen molar-refractivity contribution in [3.05, 3.63) is 29.8 Å².